The minimum Gasteiger partial charge on any atom is -0.460 e. The standard InChI is InChI=1S/C16H22N2O5/c1-4-11-7-18(8-13(11)23-10(3)19)14(20)6-12-5-9(2)15(21)17-16(12)22/h5,11-13H,4,6-8H2,1-3H3,(H,17,21,22). The normalized spacial score (nSPS) is 27.5. The van der Waals surface area contributed by atoms with E-state index in [2.05, 4.69) is 5.32 Å². The number of nitrogens with zero attached hydrogens (tertiary/aromatic N) is 1. The van der Waals surface area contributed by atoms with Crippen LogP contribution in [0.5, 0.6) is 0 Å². The lowest BCUT2D eigenvalue weighted by Crippen LogP contribution is -2.42. The van der Waals surface area contributed by atoms with E-state index in [1.54, 1.807) is 11.8 Å². The second kappa shape index (κ2) is 6.93. The number of carbonyl (C=O) groups excluding carboxylic acids is 4. The summed E-state index contributed by atoms with van der Waals surface area (Å²) in [6.07, 6.45) is 2.06. The van der Waals surface area contributed by atoms with Crippen LogP contribution < -0.4 is 5.32 Å². The Hall–Kier alpha value is -2.18. The lowest BCUT2D eigenvalue weighted by atomic mass is 9.97. The molecule has 3 amide bonds. The van der Waals surface area contributed by atoms with Gasteiger partial charge in [-0.05, 0) is 13.3 Å². The van der Waals surface area contributed by atoms with E-state index in [0.717, 1.165) is 6.42 Å². The van der Waals surface area contributed by atoms with Crippen molar-refractivity contribution in [2.24, 2.45) is 11.8 Å². The first kappa shape index (κ1) is 17.2. The molecule has 126 valence electrons. The van der Waals surface area contributed by atoms with Crippen LogP contribution in [0.15, 0.2) is 11.6 Å². The zero-order valence-corrected chi connectivity index (χ0v) is 13.6. The van der Waals surface area contributed by atoms with Crippen molar-refractivity contribution in [1.82, 2.24) is 10.2 Å². The maximum atomic E-state index is 12.4. The molecule has 0 aromatic heterocycles. The largest absolute Gasteiger partial charge is 0.460 e. The van der Waals surface area contributed by atoms with Gasteiger partial charge in [-0.1, -0.05) is 13.0 Å². The van der Waals surface area contributed by atoms with Crippen LogP contribution in [0.25, 0.3) is 0 Å². The Bertz CT molecular complexity index is 569. The number of rotatable bonds is 4. The van der Waals surface area contributed by atoms with Gasteiger partial charge in [0.2, 0.25) is 11.8 Å². The van der Waals surface area contributed by atoms with Gasteiger partial charge in [0.05, 0.1) is 12.5 Å². The Balaban J connectivity index is 2.00. The molecule has 23 heavy (non-hydrogen) atoms. The third kappa shape index (κ3) is 3.97. The summed E-state index contributed by atoms with van der Waals surface area (Å²) >= 11 is 0. The van der Waals surface area contributed by atoms with Gasteiger partial charge in [-0.3, -0.25) is 24.5 Å². The Kier molecular flexibility index (Phi) is 5.18. The van der Waals surface area contributed by atoms with Crippen molar-refractivity contribution in [3.8, 4) is 0 Å². The van der Waals surface area contributed by atoms with Gasteiger partial charge < -0.3 is 9.64 Å². The smallest absolute Gasteiger partial charge is 0.302 e. The summed E-state index contributed by atoms with van der Waals surface area (Å²) in [4.78, 5) is 48.4. The van der Waals surface area contributed by atoms with Gasteiger partial charge in [-0.25, -0.2) is 0 Å². The Morgan fingerprint density at radius 3 is 2.65 bits per heavy atom. The quantitative estimate of drug-likeness (QED) is 0.597. The average molecular weight is 322 g/mol. The van der Waals surface area contributed by atoms with Crippen LogP contribution >= 0.6 is 0 Å². The minimum atomic E-state index is -0.631. The minimum absolute atomic E-state index is 0.0136. The number of nitrogens with one attached hydrogen (secondary N) is 1. The fraction of sp³-hybridized carbons (Fsp3) is 0.625. The second-order valence-corrected chi connectivity index (χ2v) is 6.09. The number of likely N-dealkylation sites (tertiary alicyclic amines) is 1. The number of hydrogen-bond donors (Lipinski definition) is 1. The van der Waals surface area contributed by atoms with E-state index in [1.165, 1.54) is 13.0 Å². The summed E-state index contributed by atoms with van der Waals surface area (Å²) in [5.41, 5.74) is 0.438. The van der Waals surface area contributed by atoms with Crippen molar-refractivity contribution in [3.05, 3.63) is 11.6 Å². The van der Waals surface area contributed by atoms with E-state index in [9.17, 15) is 19.2 Å². The Labute approximate surface area is 135 Å². The maximum absolute atomic E-state index is 12.4. The third-order valence-corrected chi connectivity index (χ3v) is 4.35. The first-order valence-corrected chi connectivity index (χ1v) is 7.80. The molecule has 2 rings (SSSR count). The number of ether oxygens (including phenoxy) is 1. The summed E-state index contributed by atoms with van der Waals surface area (Å²) in [5, 5.41) is 2.24. The monoisotopic (exact) mass is 322 g/mol. The fourth-order valence-corrected chi connectivity index (χ4v) is 3.01. The van der Waals surface area contributed by atoms with Crippen molar-refractivity contribution in [3.63, 3.8) is 0 Å². The van der Waals surface area contributed by atoms with E-state index < -0.39 is 17.7 Å². The average Bonchev–Trinajstić information content (AvgIpc) is 2.87. The molecular weight excluding hydrogens is 300 g/mol. The fourth-order valence-electron chi connectivity index (χ4n) is 3.01. The molecule has 3 unspecified atom stereocenters. The zero-order chi connectivity index (χ0) is 17.1. The summed E-state index contributed by atoms with van der Waals surface area (Å²) in [6, 6.07) is 0. The lowest BCUT2D eigenvalue weighted by Gasteiger charge is -2.21. The second-order valence-electron chi connectivity index (χ2n) is 6.09. The molecule has 7 nitrogen and oxygen atoms in total. The molecular formula is C16H22N2O5. The molecule has 2 heterocycles. The van der Waals surface area contributed by atoms with Gasteiger partial charge in [0.1, 0.15) is 6.10 Å². The summed E-state index contributed by atoms with van der Waals surface area (Å²) < 4.78 is 5.27. The van der Waals surface area contributed by atoms with E-state index in [-0.39, 0.29) is 30.3 Å². The molecule has 2 aliphatic rings. The molecule has 1 saturated heterocycles. The van der Waals surface area contributed by atoms with Gasteiger partial charge in [0, 0.05) is 31.4 Å². The molecule has 0 radical (unpaired) electrons. The number of esters is 1. The van der Waals surface area contributed by atoms with Crippen LogP contribution in [0.1, 0.15) is 33.6 Å². The highest BCUT2D eigenvalue weighted by molar-refractivity contribution is 6.08. The number of hydrogen-bond acceptors (Lipinski definition) is 5. The zero-order valence-electron chi connectivity index (χ0n) is 13.6. The predicted octanol–water partition coefficient (Wildman–Crippen LogP) is 0.395. The highest BCUT2D eigenvalue weighted by Gasteiger charge is 2.37. The molecule has 1 N–H and O–H groups in total. The molecule has 0 aromatic rings. The van der Waals surface area contributed by atoms with Crippen molar-refractivity contribution in [2.75, 3.05) is 13.1 Å². The van der Waals surface area contributed by atoms with Gasteiger partial charge in [-0.15, -0.1) is 0 Å². The molecule has 3 atom stereocenters. The lowest BCUT2D eigenvalue weighted by molar-refractivity contribution is -0.148. The third-order valence-electron chi connectivity index (χ3n) is 4.35. The van der Waals surface area contributed by atoms with Gasteiger partial charge >= 0.3 is 5.97 Å². The van der Waals surface area contributed by atoms with E-state index >= 15 is 0 Å². The molecule has 0 aromatic carbocycles. The SMILES string of the molecule is CCC1CN(C(=O)CC2C=C(C)C(=O)NC2=O)CC1OC(C)=O. The molecule has 1 fully saturated rings. The highest BCUT2D eigenvalue weighted by Crippen LogP contribution is 2.25. The van der Waals surface area contributed by atoms with Crippen molar-refractivity contribution in [2.45, 2.75) is 39.7 Å². The first-order valence-electron chi connectivity index (χ1n) is 7.80. The van der Waals surface area contributed by atoms with Crippen LogP contribution in [-0.4, -0.2) is 47.8 Å². The summed E-state index contributed by atoms with van der Waals surface area (Å²) in [7, 11) is 0. The molecule has 0 bridgehead atoms. The molecule has 2 aliphatic heterocycles. The molecule has 0 spiro atoms. The van der Waals surface area contributed by atoms with Crippen LogP contribution in [0.4, 0.5) is 0 Å². The molecule has 7 heteroatoms. The number of carbonyl (C=O) groups is 4. The van der Waals surface area contributed by atoms with Gasteiger partial charge in [-0.2, -0.15) is 0 Å². The molecule has 0 aliphatic carbocycles. The maximum Gasteiger partial charge on any atom is 0.302 e. The van der Waals surface area contributed by atoms with Crippen LogP contribution in [0.3, 0.4) is 0 Å². The first-order chi connectivity index (χ1) is 10.8. The van der Waals surface area contributed by atoms with Crippen LogP contribution in [0, 0.1) is 11.8 Å². The van der Waals surface area contributed by atoms with E-state index in [4.69, 9.17) is 4.74 Å². The summed E-state index contributed by atoms with van der Waals surface area (Å²) in [6.45, 7) is 5.82. The topological polar surface area (TPSA) is 92.8 Å². The van der Waals surface area contributed by atoms with Gasteiger partial charge in [0.15, 0.2) is 0 Å². The predicted molar refractivity (Wildman–Crippen MR) is 80.9 cm³/mol. The Morgan fingerprint density at radius 1 is 1.35 bits per heavy atom. The van der Waals surface area contributed by atoms with E-state index in [0.29, 0.717) is 18.7 Å². The number of amides is 3. The highest BCUT2D eigenvalue weighted by atomic mass is 16.5. The van der Waals surface area contributed by atoms with Crippen LogP contribution in [0.2, 0.25) is 0 Å². The van der Waals surface area contributed by atoms with Crippen molar-refractivity contribution < 1.29 is 23.9 Å². The Morgan fingerprint density at radius 2 is 2.04 bits per heavy atom. The molecule has 0 saturated carbocycles. The van der Waals surface area contributed by atoms with Crippen molar-refractivity contribution >= 4 is 23.7 Å². The van der Waals surface area contributed by atoms with E-state index in [1.807, 2.05) is 6.92 Å². The number of imide groups is 1. The van der Waals surface area contributed by atoms with Gasteiger partial charge in [0.25, 0.3) is 5.91 Å². The van der Waals surface area contributed by atoms with Crippen LogP contribution in [-0.2, 0) is 23.9 Å². The summed E-state index contributed by atoms with van der Waals surface area (Å²) in [5.74, 6) is -1.91. The van der Waals surface area contributed by atoms with Crippen molar-refractivity contribution in [1.29, 1.82) is 0 Å².